The number of nitrogens with one attached hydrogen (secondary N) is 1. The van der Waals surface area contributed by atoms with Crippen LogP contribution >= 0.6 is 0 Å². The van der Waals surface area contributed by atoms with Gasteiger partial charge in [0.15, 0.2) is 5.69 Å². The van der Waals surface area contributed by atoms with Crippen LogP contribution < -0.4 is 11.2 Å². The standard InChI is InChI=1S/C25H27N9O2/c1-17-7-5-6-14-33(17)16-21-22(28-32-34(21)24-23(26)30-36-31-24)25(35)29-27-15-18-10-12-20(13-11-18)19-8-3-2-4-9-19/h2-4,8-13,15,17H,5-7,14,16H2,1H3,(H2,26,30)(H,29,35). The first-order chi connectivity index (χ1) is 17.6. The van der Waals surface area contributed by atoms with E-state index in [0.29, 0.717) is 18.3 Å². The molecule has 3 heterocycles. The second-order valence-corrected chi connectivity index (χ2v) is 8.77. The molecule has 3 N–H and O–H groups in total. The number of nitrogens with two attached hydrogens (primary N) is 1. The van der Waals surface area contributed by atoms with Crippen LogP contribution in [0.5, 0.6) is 0 Å². The van der Waals surface area contributed by atoms with Gasteiger partial charge in [0.25, 0.3) is 5.91 Å². The van der Waals surface area contributed by atoms with E-state index in [1.165, 1.54) is 11.1 Å². The van der Waals surface area contributed by atoms with Crippen LogP contribution in [0.3, 0.4) is 0 Å². The highest BCUT2D eigenvalue weighted by Crippen LogP contribution is 2.23. The number of hydrogen-bond donors (Lipinski definition) is 2. The zero-order valence-electron chi connectivity index (χ0n) is 19.9. The third-order valence-corrected chi connectivity index (χ3v) is 6.37. The van der Waals surface area contributed by atoms with Crippen LogP contribution in [0.2, 0.25) is 0 Å². The molecule has 0 bridgehead atoms. The lowest BCUT2D eigenvalue weighted by molar-refractivity contribution is 0.0945. The Balaban J connectivity index is 1.33. The molecule has 1 fully saturated rings. The number of hydrazone groups is 1. The largest absolute Gasteiger partial charge is 0.378 e. The van der Waals surface area contributed by atoms with Crippen LogP contribution in [0.4, 0.5) is 5.82 Å². The molecule has 0 spiro atoms. The van der Waals surface area contributed by atoms with Gasteiger partial charge in [-0.15, -0.1) is 5.10 Å². The minimum atomic E-state index is -0.479. The van der Waals surface area contributed by atoms with E-state index in [0.717, 1.165) is 36.1 Å². The van der Waals surface area contributed by atoms with Gasteiger partial charge < -0.3 is 5.73 Å². The molecular formula is C25H27N9O2. The summed E-state index contributed by atoms with van der Waals surface area (Å²) in [6, 6.07) is 18.4. The maximum atomic E-state index is 13.0. The molecule has 0 saturated carbocycles. The Labute approximate surface area is 207 Å². The second kappa shape index (κ2) is 10.5. The topological polar surface area (TPSA) is 140 Å². The molecule has 0 aliphatic carbocycles. The molecule has 0 radical (unpaired) electrons. The summed E-state index contributed by atoms with van der Waals surface area (Å²) in [5, 5.41) is 19.8. The number of hydrogen-bond acceptors (Lipinski definition) is 9. The summed E-state index contributed by atoms with van der Waals surface area (Å²) in [6.45, 7) is 3.54. The number of nitrogen functional groups attached to an aromatic ring is 1. The van der Waals surface area contributed by atoms with E-state index >= 15 is 0 Å². The molecule has 1 atom stereocenters. The Bertz CT molecular complexity index is 1350. The Morgan fingerprint density at radius 2 is 1.92 bits per heavy atom. The normalized spacial score (nSPS) is 16.4. The summed E-state index contributed by atoms with van der Waals surface area (Å²) in [4.78, 5) is 15.3. The Morgan fingerprint density at radius 1 is 1.14 bits per heavy atom. The number of benzene rings is 2. The monoisotopic (exact) mass is 485 g/mol. The molecule has 1 amide bonds. The first-order valence-corrected chi connectivity index (χ1v) is 11.9. The van der Waals surface area contributed by atoms with Crippen molar-refractivity contribution >= 4 is 17.9 Å². The highest BCUT2D eigenvalue weighted by Gasteiger charge is 2.28. The van der Waals surface area contributed by atoms with Gasteiger partial charge in [-0.1, -0.05) is 66.2 Å². The number of amides is 1. The van der Waals surface area contributed by atoms with Crippen LogP contribution in [0.1, 0.15) is 47.9 Å². The molecule has 1 aliphatic rings. The van der Waals surface area contributed by atoms with Crippen LogP contribution in [0.15, 0.2) is 64.3 Å². The summed E-state index contributed by atoms with van der Waals surface area (Å²) in [5.74, 6) is -0.215. The van der Waals surface area contributed by atoms with E-state index < -0.39 is 5.91 Å². The van der Waals surface area contributed by atoms with Crippen LogP contribution in [-0.2, 0) is 6.54 Å². The zero-order chi connectivity index (χ0) is 24.9. The number of carbonyl (C=O) groups is 1. The lowest BCUT2D eigenvalue weighted by atomic mass is 10.0. The van der Waals surface area contributed by atoms with Crippen molar-refractivity contribution in [3.05, 3.63) is 71.5 Å². The van der Waals surface area contributed by atoms with Gasteiger partial charge in [-0.2, -0.15) is 9.78 Å². The van der Waals surface area contributed by atoms with Crippen molar-refractivity contribution in [3.63, 3.8) is 0 Å². The van der Waals surface area contributed by atoms with E-state index in [1.54, 1.807) is 6.21 Å². The van der Waals surface area contributed by atoms with E-state index in [9.17, 15) is 4.79 Å². The highest BCUT2D eigenvalue weighted by atomic mass is 16.6. The van der Waals surface area contributed by atoms with Crippen molar-refractivity contribution in [2.45, 2.75) is 38.8 Å². The van der Waals surface area contributed by atoms with Crippen molar-refractivity contribution in [3.8, 4) is 16.9 Å². The average molecular weight is 486 g/mol. The number of aromatic nitrogens is 5. The summed E-state index contributed by atoms with van der Waals surface area (Å²) in [6.07, 6.45) is 4.95. The van der Waals surface area contributed by atoms with Crippen molar-refractivity contribution in [1.82, 2.24) is 35.6 Å². The van der Waals surface area contributed by atoms with Crippen LogP contribution in [0, 0.1) is 0 Å². The highest BCUT2D eigenvalue weighted by molar-refractivity contribution is 5.94. The zero-order valence-corrected chi connectivity index (χ0v) is 19.9. The number of anilines is 1. The van der Waals surface area contributed by atoms with Gasteiger partial charge in [-0.25, -0.2) is 10.1 Å². The van der Waals surface area contributed by atoms with Crippen molar-refractivity contribution in [2.75, 3.05) is 12.3 Å². The van der Waals surface area contributed by atoms with E-state index in [2.05, 4.69) is 55.1 Å². The molecule has 1 saturated heterocycles. The molecule has 36 heavy (non-hydrogen) atoms. The van der Waals surface area contributed by atoms with E-state index in [4.69, 9.17) is 10.4 Å². The smallest absolute Gasteiger partial charge is 0.293 e. The SMILES string of the molecule is CC1CCCCN1Cc1c(C(=O)NN=Cc2ccc(-c3ccccc3)cc2)nnn1-c1nonc1N. The lowest BCUT2D eigenvalue weighted by Gasteiger charge is -2.33. The lowest BCUT2D eigenvalue weighted by Crippen LogP contribution is -2.38. The predicted molar refractivity (Wildman–Crippen MR) is 134 cm³/mol. The minimum absolute atomic E-state index is 0.0665. The quantitative estimate of drug-likeness (QED) is 0.301. The maximum Gasteiger partial charge on any atom is 0.293 e. The number of nitrogens with zero attached hydrogens (tertiary/aromatic N) is 7. The molecular weight excluding hydrogens is 458 g/mol. The number of likely N-dealkylation sites (tertiary alicyclic amines) is 1. The van der Waals surface area contributed by atoms with E-state index in [-0.39, 0.29) is 17.3 Å². The summed E-state index contributed by atoms with van der Waals surface area (Å²) in [7, 11) is 0. The molecule has 4 aromatic rings. The van der Waals surface area contributed by atoms with Gasteiger partial charge >= 0.3 is 0 Å². The van der Waals surface area contributed by atoms with Gasteiger partial charge in [0.1, 0.15) is 0 Å². The summed E-state index contributed by atoms with van der Waals surface area (Å²) in [5.41, 5.74) is 12.2. The van der Waals surface area contributed by atoms with Crippen molar-refractivity contribution < 1.29 is 9.42 Å². The molecule has 1 unspecified atom stereocenters. The number of carbonyl (C=O) groups excluding carboxylic acids is 1. The summed E-state index contributed by atoms with van der Waals surface area (Å²) >= 11 is 0. The van der Waals surface area contributed by atoms with Crippen LogP contribution in [-0.4, -0.2) is 54.9 Å². The van der Waals surface area contributed by atoms with Gasteiger partial charge in [-0.05, 0) is 53.3 Å². The fourth-order valence-electron chi connectivity index (χ4n) is 4.32. The van der Waals surface area contributed by atoms with Gasteiger partial charge in [0.2, 0.25) is 11.6 Å². The molecule has 5 rings (SSSR count). The molecule has 184 valence electrons. The molecule has 2 aromatic carbocycles. The van der Waals surface area contributed by atoms with Crippen molar-refractivity contribution in [1.29, 1.82) is 0 Å². The summed E-state index contributed by atoms with van der Waals surface area (Å²) < 4.78 is 6.15. The maximum absolute atomic E-state index is 13.0. The van der Waals surface area contributed by atoms with Crippen molar-refractivity contribution in [2.24, 2.45) is 5.10 Å². The molecule has 2 aromatic heterocycles. The fraction of sp³-hybridized carbons (Fsp3) is 0.280. The van der Waals surface area contributed by atoms with Gasteiger partial charge in [-0.3, -0.25) is 9.69 Å². The fourth-order valence-corrected chi connectivity index (χ4v) is 4.32. The minimum Gasteiger partial charge on any atom is -0.378 e. The van der Waals surface area contributed by atoms with E-state index in [1.807, 2.05) is 42.5 Å². The first-order valence-electron chi connectivity index (χ1n) is 11.9. The Kier molecular flexibility index (Phi) is 6.80. The second-order valence-electron chi connectivity index (χ2n) is 8.77. The molecule has 11 nitrogen and oxygen atoms in total. The third kappa shape index (κ3) is 5.01. The first kappa shape index (κ1) is 23.4. The van der Waals surface area contributed by atoms with Crippen LogP contribution in [0.25, 0.3) is 16.9 Å². The average Bonchev–Trinajstić information content (AvgIpc) is 3.52. The Morgan fingerprint density at radius 3 is 2.64 bits per heavy atom. The molecule has 1 aliphatic heterocycles. The van der Waals surface area contributed by atoms with Gasteiger partial charge in [0, 0.05) is 12.6 Å². The number of piperidine rings is 1. The molecule has 11 heteroatoms. The Hall–Kier alpha value is -4.38. The third-order valence-electron chi connectivity index (χ3n) is 6.37. The van der Waals surface area contributed by atoms with Gasteiger partial charge in [0.05, 0.1) is 11.9 Å². The predicted octanol–water partition coefficient (Wildman–Crippen LogP) is 3.04. The number of rotatable bonds is 7.